The SMILES string of the molecule is Cc1cnn(C)c1C(CC(=O)O)C(F)(F)F. The van der Waals surface area contributed by atoms with E-state index in [4.69, 9.17) is 5.11 Å². The highest BCUT2D eigenvalue weighted by atomic mass is 19.4. The summed E-state index contributed by atoms with van der Waals surface area (Å²) in [5.41, 5.74) is 0.237. The number of hydrogen-bond donors (Lipinski definition) is 1. The number of halogens is 3. The smallest absolute Gasteiger partial charge is 0.397 e. The monoisotopic (exact) mass is 236 g/mol. The largest absolute Gasteiger partial charge is 0.481 e. The maximum atomic E-state index is 12.7. The molecule has 4 nitrogen and oxygen atoms in total. The molecule has 0 bridgehead atoms. The number of carboxylic acids is 1. The molecule has 1 aromatic rings. The average Bonchev–Trinajstić information content (AvgIpc) is 2.41. The Kier molecular flexibility index (Phi) is 3.25. The van der Waals surface area contributed by atoms with E-state index in [1.54, 1.807) is 0 Å². The second kappa shape index (κ2) is 4.15. The lowest BCUT2D eigenvalue weighted by atomic mass is 9.98. The van der Waals surface area contributed by atoms with Crippen molar-refractivity contribution in [3.8, 4) is 0 Å². The summed E-state index contributed by atoms with van der Waals surface area (Å²) in [4.78, 5) is 10.4. The quantitative estimate of drug-likeness (QED) is 0.871. The molecule has 0 spiro atoms. The van der Waals surface area contributed by atoms with Crippen LogP contribution in [-0.2, 0) is 11.8 Å². The molecular formula is C9H11F3N2O2. The summed E-state index contributed by atoms with van der Waals surface area (Å²) in [7, 11) is 1.36. The molecule has 1 unspecified atom stereocenters. The molecule has 90 valence electrons. The van der Waals surface area contributed by atoms with Crippen molar-refractivity contribution in [1.29, 1.82) is 0 Å². The molecule has 7 heteroatoms. The lowest BCUT2D eigenvalue weighted by Gasteiger charge is -2.19. The summed E-state index contributed by atoms with van der Waals surface area (Å²) in [6.45, 7) is 1.48. The summed E-state index contributed by atoms with van der Waals surface area (Å²) < 4.78 is 39.2. The third-order valence-electron chi connectivity index (χ3n) is 2.28. The van der Waals surface area contributed by atoms with Gasteiger partial charge in [-0.1, -0.05) is 0 Å². The second-order valence-corrected chi connectivity index (χ2v) is 3.53. The highest BCUT2D eigenvalue weighted by Gasteiger charge is 2.44. The lowest BCUT2D eigenvalue weighted by molar-refractivity contribution is -0.164. The van der Waals surface area contributed by atoms with Crippen LogP contribution in [0, 0.1) is 6.92 Å². The maximum Gasteiger partial charge on any atom is 0.397 e. The molecule has 0 aliphatic rings. The van der Waals surface area contributed by atoms with Gasteiger partial charge in [0.25, 0.3) is 0 Å². The first-order chi connectivity index (χ1) is 7.23. The van der Waals surface area contributed by atoms with Crippen LogP contribution in [-0.4, -0.2) is 27.0 Å². The summed E-state index contributed by atoms with van der Waals surface area (Å²) in [6.07, 6.45) is -4.28. The van der Waals surface area contributed by atoms with Gasteiger partial charge in [-0.25, -0.2) is 0 Å². The molecule has 1 atom stereocenters. The van der Waals surface area contributed by atoms with Gasteiger partial charge >= 0.3 is 12.1 Å². The van der Waals surface area contributed by atoms with Crippen molar-refractivity contribution >= 4 is 5.97 Å². The second-order valence-electron chi connectivity index (χ2n) is 3.53. The molecule has 1 N–H and O–H groups in total. The predicted molar refractivity (Wildman–Crippen MR) is 49.0 cm³/mol. The van der Waals surface area contributed by atoms with Crippen LogP contribution in [0.1, 0.15) is 23.6 Å². The van der Waals surface area contributed by atoms with E-state index in [0.717, 1.165) is 4.68 Å². The molecule has 0 fully saturated rings. The third kappa shape index (κ3) is 2.53. The van der Waals surface area contributed by atoms with Crippen LogP contribution in [0.4, 0.5) is 13.2 Å². The molecular weight excluding hydrogens is 225 g/mol. The lowest BCUT2D eigenvalue weighted by Crippen LogP contribution is -2.26. The van der Waals surface area contributed by atoms with Crippen LogP contribution in [0.2, 0.25) is 0 Å². The number of aryl methyl sites for hydroxylation is 2. The minimum absolute atomic E-state index is 0.102. The van der Waals surface area contributed by atoms with E-state index in [1.807, 2.05) is 0 Å². The number of aliphatic carboxylic acids is 1. The average molecular weight is 236 g/mol. The van der Waals surface area contributed by atoms with Crippen LogP contribution in [0.3, 0.4) is 0 Å². The highest BCUT2D eigenvalue weighted by molar-refractivity contribution is 5.68. The Morgan fingerprint density at radius 3 is 2.50 bits per heavy atom. The van der Waals surface area contributed by atoms with Crippen molar-refractivity contribution in [3.05, 3.63) is 17.5 Å². The summed E-state index contributed by atoms with van der Waals surface area (Å²) in [5.74, 6) is -3.50. The number of alkyl halides is 3. The van der Waals surface area contributed by atoms with Crippen LogP contribution in [0.25, 0.3) is 0 Å². The fraction of sp³-hybridized carbons (Fsp3) is 0.556. The molecule has 0 saturated heterocycles. The van der Waals surface area contributed by atoms with Gasteiger partial charge in [0.05, 0.1) is 18.3 Å². The highest BCUT2D eigenvalue weighted by Crippen LogP contribution is 2.38. The molecule has 0 amide bonds. The van der Waals surface area contributed by atoms with Gasteiger partial charge in [0, 0.05) is 7.05 Å². The number of carbonyl (C=O) groups is 1. The van der Waals surface area contributed by atoms with Crippen LogP contribution in [0.15, 0.2) is 6.20 Å². The zero-order chi connectivity index (χ0) is 12.5. The van der Waals surface area contributed by atoms with Gasteiger partial charge in [-0.3, -0.25) is 9.48 Å². The Morgan fingerprint density at radius 1 is 1.62 bits per heavy atom. The van der Waals surface area contributed by atoms with E-state index in [-0.39, 0.29) is 5.69 Å². The molecule has 1 rings (SSSR count). The number of rotatable bonds is 3. The maximum absolute atomic E-state index is 12.7. The van der Waals surface area contributed by atoms with Crippen LogP contribution >= 0.6 is 0 Å². The predicted octanol–water partition coefficient (Wildman–Crippen LogP) is 1.85. The fourth-order valence-corrected chi connectivity index (χ4v) is 1.60. The van der Waals surface area contributed by atoms with Crippen molar-refractivity contribution in [3.63, 3.8) is 0 Å². The van der Waals surface area contributed by atoms with E-state index in [2.05, 4.69) is 5.10 Å². The first-order valence-corrected chi connectivity index (χ1v) is 4.50. The Morgan fingerprint density at radius 2 is 2.19 bits per heavy atom. The number of carboxylic acid groups (broad SMARTS) is 1. The minimum atomic E-state index is -4.59. The fourth-order valence-electron chi connectivity index (χ4n) is 1.60. The van der Waals surface area contributed by atoms with E-state index < -0.39 is 24.5 Å². The van der Waals surface area contributed by atoms with E-state index in [9.17, 15) is 18.0 Å². The molecule has 0 aliphatic heterocycles. The summed E-state index contributed by atoms with van der Waals surface area (Å²) in [6, 6.07) is 0. The van der Waals surface area contributed by atoms with Gasteiger partial charge in [0.15, 0.2) is 0 Å². The van der Waals surface area contributed by atoms with Gasteiger partial charge in [0.2, 0.25) is 0 Å². The molecule has 0 aromatic carbocycles. The first-order valence-electron chi connectivity index (χ1n) is 4.50. The Bertz CT molecular complexity index is 378. The van der Waals surface area contributed by atoms with Gasteiger partial charge < -0.3 is 5.11 Å². The van der Waals surface area contributed by atoms with Gasteiger partial charge in [-0.15, -0.1) is 0 Å². The topological polar surface area (TPSA) is 55.1 Å². The molecule has 0 radical (unpaired) electrons. The van der Waals surface area contributed by atoms with E-state index in [1.165, 1.54) is 20.2 Å². The van der Waals surface area contributed by atoms with Crippen molar-refractivity contribution in [2.45, 2.75) is 25.4 Å². The Balaban J connectivity index is 3.16. The number of aromatic nitrogens is 2. The van der Waals surface area contributed by atoms with Crippen LogP contribution < -0.4 is 0 Å². The van der Waals surface area contributed by atoms with Crippen molar-refractivity contribution < 1.29 is 23.1 Å². The van der Waals surface area contributed by atoms with Gasteiger partial charge in [-0.05, 0) is 12.5 Å². The van der Waals surface area contributed by atoms with Crippen molar-refractivity contribution in [1.82, 2.24) is 9.78 Å². The minimum Gasteiger partial charge on any atom is -0.481 e. The molecule has 0 aliphatic carbocycles. The standard InChI is InChI=1S/C9H11F3N2O2/c1-5-4-13-14(2)8(5)6(3-7(15)16)9(10,11)12/h4,6H,3H2,1-2H3,(H,15,16). The molecule has 1 heterocycles. The van der Waals surface area contributed by atoms with E-state index in [0.29, 0.717) is 5.56 Å². The van der Waals surface area contributed by atoms with Crippen LogP contribution in [0.5, 0.6) is 0 Å². The first kappa shape index (κ1) is 12.5. The number of hydrogen-bond acceptors (Lipinski definition) is 2. The number of nitrogens with zero attached hydrogens (tertiary/aromatic N) is 2. The van der Waals surface area contributed by atoms with Gasteiger partial charge in [-0.2, -0.15) is 18.3 Å². The summed E-state index contributed by atoms with van der Waals surface area (Å²) in [5, 5.41) is 12.2. The Labute approximate surface area is 89.7 Å². The molecule has 16 heavy (non-hydrogen) atoms. The molecule has 1 aromatic heterocycles. The zero-order valence-electron chi connectivity index (χ0n) is 8.75. The van der Waals surface area contributed by atoms with E-state index >= 15 is 0 Å². The summed E-state index contributed by atoms with van der Waals surface area (Å²) >= 11 is 0. The normalized spacial score (nSPS) is 13.8. The third-order valence-corrected chi connectivity index (χ3v) is 2.28. The van der Waals surface area contributed by atoms with Gasteiger partial charge in [0.1, 0.15) is 5.92 Å². The van der Waals surface area contributed by atoms with Crippen molar-refractivity contribution in [2.24, 2.45) is 7.05 Å². The Hall–Kier alpha value is -1.53. The van der Waals surface area contributed by atoms with Crippen molar-refractivity contribution in [2.75, 3.05) is 0 Å². The zero-order valence-corrected chi connectivity index (χ0v) is 8.75. The molecule has 0 saturated carbocycles.